The van der Waals surface area contributed by atoms with Gasteiger partial charge in [0, 0.05) is 42.2 Å². The third-order valence-corrected chi connectivity index (χ3v) is 8.37. The number of aryl methyl sites for hydroxylation is 1. The van der Waals surface area contributed by atoms with Gasteiger partial charge in [-0.2, -0.15) is 0 Å². The lowest BCUT2D eigenvalue weighted by Gasteiger charge is -2.30. The number of hydrogen-bond acceptors (Lipinski definition) is 10. The largest absolute Gasteiger partial charge is 0.668 e. The molecule has 4 rings (SSSR count). The van der Waals surface area contributed by atoms with Gasteiger partial charge in [0.05, 0.1) is 0 Å². The Labute approximate surface area is 193 Å². The Balaban J connectivity index is 1.53. The lowest BCUT2D eigenvalue weighted by atomic mass is 10.0. The SMILES string of the molecule is CC(CCn1ccc(-c2ccc(-c3nccs3)cc2)cc1=O)(C1=NO[B-](O)(O)O1)S(C)(=O)=O. The molecule has 0 radical (unpaired) electrons. The zero-order valence-electron chi connectivity index (χ0n) is 17.8. The topological polar surface area (TPSA) is 140 Å². The highest BCUT2D eigenvalue weighted by atomic mass is 32.2. The van der Waals surface area contributed by atoms with E-state index in [1.54, 1.807) is 29.8 Å². The van der Waals surface area contributed by atoms with Crippen LogP contribution in [0.3, 0.4) is 0 Å². The normalized spacial score (nSPS) is 17.0. The van der Waals surface area contributed by atoms with E-state index in [1.165, 1.54) is 17.6 Å². The Morgan fingerprint density at radius 2 is 1.85 bits per heavy atom. The van der Waals surface area contributed by atoms with Crippen LogP contribution in [0.5, 0.6) is 0 Å². The van der Waals surface area contributed by atoms with Gasteiger partial charge in [0.25, 0.3) is 5.56 Å². The molecule has 1 aromatic carbocycles. The van der Waals surface area contributed by atoms with E-state index in [0.29, 0.717) is 0 Å². The van der Waals surface area contributed by atoms with Gasteiger partial charge in [-0.1, -0.05) is 29.4 Å². The maximum absolute atomic E-state index is 12.7. The molecule has 0 fully saturated rings. The van der Waals surface area contributed by atoms with Crippen molar-refractivity contribution in [2.75, 3.05) is 6.26 Å². The Morgan fingerprint density at radius 1 is 1.15 bits per heavy atom. The van der Waals surface area contributed by atoms with Crippen LogP contribution in [0.15, 0.2) is 64.1 Å². The van der Waals surface area contributed by atoms with Gasteiger partial charge in [-0.05, 0) is 30.5 Å². The van der Waals surface area contributed by atoms with Crippen molar-refractivity contribution in [2.45, 2.75) is 24.6 Å². The lowest BCUT2D eigenvalue weighted by molar-refractivity contribution is 0.102. The second-order valence-corrected chi connectivity index (χ2v) is 11.2. The number of pyridine rings is 1. The monoisotopic (exact) mass is 490 g/mol. The quantitative estimate of drug-likeness (QED) is 0.476. The van der Waals surface area contributed by atoms with Gasteiger partial charge in [0.15, 0.2) is 15.7 Å². The third kappa shape index (κ3) is 4.71. The number of sulfone groups is 1. The third-order valence-electron chi connectivity index (χ3n) is 5.53. The fraction of sp³-hybridized carbons (Fsp3) is 0.250. The van der Waals surface area contributed by atoms with Gasteiger partial charge in [0.2, 0.25) is 0 Å². The van der Waals surface area contributed by atoms with Crippen molar-refractivity contribution < 1.29 is 27.9 Å². The molecule has 0 saturated heterocycles. The second-order valence-electron chi connectivity index (χ2n) is 7.87. The molecule has 33 heavy (non-hydrogen) atoms. The average Bonchev–Trinajstić information content (AvgIpc) is 3.42. The van der Waals surface area contributed by atoms with Crippen LogP contribution in [0.2, 0.25) is 0 Å². The van der Waals surface area contributed by atoms with E-state index in [2.05, 4.69) is 14.9 Å². The summed E-state index contributed by atoms with van der Waals surface area (Å²) in [5.74, 6) is -0.472. The zero-order chi connectivity index (χ0) is 23.9. The molecule has 0 amide bonds. The van der Waals surface area contributed by atoms with Crippen molar-refractivity contribution in [3.05, 3.63) is 64.5 Å². The number of aromatic nitrogens is 2. The van der Waals surface area contributed by atoms with Gasteiger partial charge in [-0.25, -0.2) is 13.4 Å². The van der Waals surface area contributed by atoms with Crippen molar-refractivity contribution in [2.24, 2.45) is 5.16 Å². The average molecular weight is 490 g/mol. The molecule has 0 spiro atoms. The molecule has 2 aromatic heterocycles. The molecule has 0 aliphatic carbocycles. The summed E-state index contributed by atoms with van der Waals surface area (Å²) in [6, 6.07) is 10.9. The van der Waals surface area contributed by atoms with E-state index in [0.717, 1.165) is 28.0 Å². The number of hydrogen-bond donors (Lipinski definition) is 2. The smallest absolute Gasteiger partial charge is 0.620 e. The van der Waals surface area contributed by atoms with Crippen molar-refractivity contribution >= 4 is 34.0 Å². The molecular weight excluding hydrogens is 469 g/mol. The molecular formula is C20H21BN3O7S2-. The van der Waals surface area contributed by atoms with Gasteiger partial charge >= 0.3 is 6.96 Å². The predicted octanol–water partition coefficient (Wildman–Crippen LogP) is 1.61. The highest BCUT2D eigenvalue weighted by Gasteiger charge is 2.48. The summed E-state index contributed by atoms with van der Waals surface area (Å²) in [5.41, 5.74) is 2.24. The second kappa shape index (κ2) is 8.41. The molecule has 3 aromatic rings. The summed E-state index contributed by atoms with van der Waals surface area (Å²) in [4.78, 5) is 17.0. The van der Waals surface area contributed by atoms with Crippen LogP contribution >= 0.6 is 11.3 Å². The summed E-state index contributed by atoms with van der Waals surface area (Å²) in [6.07, 6.45) is 4.19. The maximum atomic E-state index is 12.7. The van der Waals surface area contributed by atoms with Crippen LogP contribution in [-0.4, -0.2) is 51.9 Å². The summed E-state index contributed by atoms with van der Waals surface area (Å²) in [6.45, 7) is -2.36. The van der Waals surface area contributed by atoms with Crippen LogP contribution in [0.25, 0.3) is 21.7 Å². The predicted molar refractivity (Wildman–Crippen MR) is 125 cm³/mol. The van der Waals surface area contributed by atoms with E-state index >= 15 is 0 Å². The summed E-state index contributed by atoms with van der Waals surface area (Å²) in [5, 5.41) is 25.1. The van der Waals surface area contributed by atoms with Crippen molar-refractivity contribution in [3.8, 4) is 21.7 Å². The minimum Gasteiger partial charge on any atom is -0.620 e. The molecule has 1 aliphatic rings. The highest BCUT2D eigenvalue weighted by Crippen LogP contribution is 2.29. The summed E-state index contributed by atoms with van der Waals surface area (Å²) < 4.78 is 33.7. The number of oxime groups is 1. The minimum atomic E-state index is -3.82. The van der Waals surface area contributed by atoms with E-state index in [9.17, 15) is 23.3 Å². The molecule has 1 unspecified atom stereocenters. The van der Waals surface area contributed by atoms with Crippen LogP contribution in [0.4, 0.5) is 0 Å². The van der Waals surface area contributed by atoms with Crippen LogP contribution in [0.1, 0.15) is 13.3 Å². The van der Waals surface area contributed by atoms with Crippen molar-refractivity contribution in [1.29, 1.82) is 0 Å². The molecule has 1 atom stereocenters. The standard InChI is InChI=1S/C20H21BN3O7S2/c1-20(33(2,28)29,19-23-31-21(26,27)30-19)8-11-24-10-7-16(13-17(24)25)14-3-5-15(6-4-14)18-22-9-12-32-18/h3-7,9-10,12-13,26-27H,8,11H2,1-2H3/q-1. The molecule has 174 valence electrons. The molecule has 1 aliphatic heterocycles. The van der Waals surface area contributed by atoms with Crippen LogP contribution in [-0.2, 0) is 25.8 Å². The molecule has 13 heteroatoms. The fourth-order valence-electron chi connectivity index (χ4n) is 3.35. The molecule has 0 saturated carbocycles. The number of rotatable bonds is 7. The summed E-state index contributed by atoms with van der Waals surface area (Å²) >= 11 is 1.54. The van der Waals surface area contributed by atoms with E-state index < -0.39 is 27.4 Å². The zero-order valence-corrected chi connectivity index (χ0v) is 19.4. The van der Waals surface area contributed by atoms with Crippen molar-refractivity contribution in [1.82, 2.24) is 9.55 Å². The van der Waals surface area contributed by atoms with E-state index in [1.807, 2.05) is 29.6 Å². The van der Waals surface area contributed by atoms with Gasteiger partial charge in [-0.15, -0.1) is 11.3 Å². The first-order chi connectivity index (χ1) is 15.5. The Bertz CT molecular complexity index is 1350. The Kier molecular flexibility index (Phi) is 5.91. The van der Waals surface area contributed by atoms with Gasteiger partial charge < -0.3 is 24.0 Å². The Morgan fingerprint density at radius 3 is 2.39 bits per heavy atom. The summed E-state index contributed by atoms with van der Waals surface area (Å²) in [7, 11) is -3.82. The van der Waals surface area contributed by atoms with Gasteiger partial charge in [0.1, 0.15) is 9.75 Å². The molecule has 2 N–H and O–H groups in total. The molecule has 10 nitrogen and oxygen atoms in total. The first-order valence-corrected chi connectivity index (χ1v) is 12.7. The van der Waals surface area contributed by atoms with Crippen LogP contribution < -0.4 is 5.56 Å². The molecule has 3 heterocycles. The highest BCUT2D eigenvalue weighted by molar-refractivity contribution is 7.92. The van der Waals surface area contributed by atoms with E-state index in [-0.39, 0.29) is 18.5 Å². The Hall–Kier alpha value is -3.00. The molecule has 0 bridgehead atoms. The van der Waals surface area contributed by atoms with Gasteiger partial charge in [-0.3, -0.25) is 4.79 Å². The number of nitrogens with zero attached hydrogens (tertiary/aromatic N) is 3. The minimum absolute atomic E-state index is 0.0188. The lowest BCUT2D eigenvalue weighted by Crippen LogP contribution is -2.48. The first kappa shape index (κ1) is 23.2. The van der Waals surface area contributed by atoms with Crippen LogP contribution in [0, 0.1) is 0 Å². The maximum Gasteiger partial charge on any atom is 0.668 e. The first-order valence-electron chi connectivity index (χ1n) is 9.93. The fourth-order valence-corrected chi connectivity index (χ4v) is 4.86. The number of benzene rings is 1. The van der Waals surface area contributed by atoms with Crippen molar-refractivity contribution in [3.63, 3.8) is 0 Å². The van der Waals surface area contributed by atoms with E-state index in [4.69, 9.17) is 4.65 Å². The number of thiazole rings is 1.